The van der Waals surface area contributed by atoms with Crippen LogP contribution in [0.1, 0.15) is 26.3 Å². The lowest BCUT2D eigenvalue weighted by Gasteiger charge is -2.43. The fraction of sp³-hybridized carbons (Fsp3) is 0.0690. The summed E-state index contributed by atoms with van der Waals surface area (Å²) in [6, 6.07) is 74.8. The van der Waals surface area contributed by atoms with E-state index >= 15 is 0 Å². The van der Waals surface area contributed by atoms with Crippen LogP contribution in [0.5, 0.6) is 0 Å². The first-order chi connectivity index (χ1) is 30.9. The van der Waals surface area contributed by atoms with Crippen LogP contribution in [0, 0.1) is 0 Å². The van der Waals surface area contributed by atoms with Crippen molar-refractivity contribution in [1.82, 2.24) is 4.57 Å². The Morgan fingerprint density at radius 1 is 0.460 bits per heavy atom. The summed E-state index contributed by atoms with van der Waals surface area (Å²) in [5.41, 5.74) is 18.4. The molecule has 0 saturated heterocycles. The number of benzene rings is 9. The second-order valence-electron chi connectivity index (χ2n) is 18.1. The summed E-state index contributed by atoms with van der Waals surface area (Å²) >= 11 is 1.89. The van der Waals surface area contributed by atoms with Crippen molar-refractivity contribution in [1.29, 1.82) is 0 Å². The highest BCUT2D eigenvalue weighted by Gasteiger charge is 2.45. The number of aromatic nitrogens is 1. The van der Waals surface area contributed by atoms with E-state index in [-0.39, 0.29) is 12.3 Å². The Hall–Kier alpha value is -7.34. The van der Waals surface area contributed by atoms with Crippen molar-refractivity contribution >= 4 is 99.5 Å². The fourth-order valence-electron chi connectivity index (χ4n) is 10.6. The van der Waals surface area contributed by atoms with E-state index in [9.17, 15) is 0 Å². The average molecular weight is 824 g/mol. The molecule has 5 heteroatoms. The summed E-state index contributed by atoms with van der Waals surface area (Å²) in [6.07, 6.45) is 0. The van der Waals surface area contributed by atoms with Crippen LogP contribution in [0.2, 0.25) is 0 Å². The zero-order chi connectivity index (χ0) is 42.0. The third-order valence-corrected chi connectivity index (χ3v) is 14.6. The maximum atomic E-state index is 2.71. The molecule has 0 N–H and O–H groups in total. The minimum absolute atomic E-state index is 0.0272. The van der Waals surface area contributed by atoms with Crippen LogP contribution < -0.4 is 20.6 Å². The molecular weight excluding hydrogens is 782 g/mol. The summed E-state index contributed by atoms with van der Waals surface area (Å²) in [7, 11) is 0. The number of anilines is 5. The molecule has 4 heterocycles. The first kappa shape index (κ1) is 36.3. The van der Waals surface area contributed by atoms with Crippen molar-refractivity contribution in [3.05, 3.63) is 206 Å². The predicted molar refractivity (Wildman–Crippen MR) is 272 cm³/mol. The second kappa shape index (κ2) is 13.6. The molecule has 0 bridgehead atoms. The number of fused-ring (bicyclic) bond motifs is 10. The van der Waals surface area contributed by atoms with Gasteiger partial charge in [0.2, 0.25) is 0 Å². The van der Waals surface area contributed by atoms with Gasteiger partial charge < -0.3 is 14.3 Å². The Kier molecular flexibility index (Phi) is 7.83. The van der Waals surface area contributed by atoms with Crippen LogP contribution in [0.4, 0.5) is 28.4 Å². The Balaban J connectivity index is 1.21. The summed E-state index contributed by atoms with van der Waals surface area (Å²) in [5.74, 6) is 0. The molecule has 0 amide bonds. The van der Waals surface area contributed by atoms with Crippen molar-refractivity contribution in [3.8, 4) is 27.9 Å². The summed E-state index contributed by atoms with van der Waals surface area (Å²) in [4.78, 5) is 5.14. The molecule has 3 nitrogen and oxygen atoms in total. The Bertz CT molecular complexity index is 3580. The van der Waals surface area contributed by atoms with Crippen LogP contribution in [-0.2, 0) is 5.41 Å². The topological polar surface area (TPSA) is 11.4 Å². The summed E-state index contributed by atoms with van der Waals surface area (Å²) in [6.45, 7) is 6.84. The quantitative estimate of drug-likeness (QED) is 0.160. The Morgan fingerprint density at radius 2 is 1.13 bits per heavy atom. The van der Waals surface area contributed by atoms with Crippen LogP contribution in [0.3, 0.4) is 0 Å². The van der Waals surface area contributed by atoms with Crippen molar-refractivity contribution in [2.75, 3.05) is 9.71 Å². The average Bonchev–Trinajstić information content (AvgIpc) is 3.86. The van der Waals surface area contributed by atoms with Crippen molar-refractivity contribution in [3.63, 3.8) is 0 Å². The van der Waals surface area contributed by atoms with Gasteiger partial charge in [-0.2, -0.15) is 0 Å². The molecule has 2 aromatic heterocycles. The summed E-state index contributed by atoms with van der Waals surface area (Å²) in [5, 5.41) is 5.15. The predicted octanol–water partition coefficient (Wildman–Crippen LogP) is 14.8. The normalized spacial score (nSPS) is 12.9. The molecule has 13 rings (SSSR count). The highest BCUT2D eigenvalue weighted by atomic mass is 32.1. The molecule has 0 atom stereocenters. The van der Waals surface area contributed by atoms with Gasteiger partial charge in [0.15, 0.2) is 0 Å². The van der Waals surface area contributed by atoms with E-state index in [1.165, 1.54) is 97.8 Å². The Morgan fingerprint density at radius 3 is 1.87 bits per heavy atom. The Labute approximate surface area is 371 Å². The van der Waals surface area contributed by atoms with Crippen molar-refractivity contribution < 1.29 is 0 Å². The minimum atomic E-state index is -0.121. The lowest BCUT2D eigenvalue weighted by Crippen LogP contribution is -2.60. The van der Waals surface area contributed by atoms with Gasteiger partial charge in [-0.05, 0) is 106 Å². The van der Waals surface area contributed by atoms with E-state index in [0.29, 0.717) is 0 Å². The molecular formula is C58H42BN3S. The number of thiophene rings is 1. The maximum Gasteiger partial charge on any atom is 0.333 e. The number of hydrogen-bond donors (Lipinski definition) is 0. The molecule has 0 spiro atoms. The molecule has 0 unspecified atom stereocenters. The van der Waals surface area contributed by atoms with E-state index in [2.05, 4.69) is 235 Å². The van der Waals surface area contributed by atoms with Crippen LogP contribution in [0.25, 0.3) is 69.9 Å². The van der Waals surface area contributed by atoms with Crippen molar-refractivity contribution in [2.24, 2.45) is 0 Å². The van der Waals surface area contributed by atoms with E-state index in [4.69, 9.17) is 0 Å². The van der Waals surface area contributed by atoms with Gasteiger partial charge >= 0.3 is 6.85 Å². The molecule has 0 aliphatic carbocycles. The zero-order valence-electron chi connectivity index (χ0n) is 35.4. The van der Waals surface area contributed by atoms with Crippen molar-refractivity contribution in [2.45, 2.75) is 26.2 Å². The van der Waals surface area contributed by atoms with Gasteiger partial charge in [0, 0.05) is 76.2 Å². The fourth-order valence-corrected chi connectivity index (χ4v) is 11.8. The highest BCUT2D eigenvalue weighted by molar-refractivity contribution is 7.25. The third-order valence-electron chi connectivity index (χ3n) is 13.5. The van der Waals surface area contributed by atoms with E-state index in [1.807, 2.05) is 11.3 Å². The van der Waals surface area contributed by atoms with E-state index < -0.39 is 0 Å². The van der Waals surface area contributed by atoms with Gasteiger partial charge in [0.05, 0.1) is 11.0 Å². The maximum absolute atomic E-state index is 2.71. The molecule has 63 heavy (non-hydrogen) atoms. The second-order valence-corrected chi connectivity index (χ2v) is 19.2. The van der Waals surface area contributed by atoms with Crippen LogP contribution in [-0.4, -0.2) is 11.4 Å². The lowest BCUT2D eigenvalue weighted by molar-refractivity contribution is 0.590. The summed E-state index contributed by atoms with van der Waals surface area (Å²) < 4.78 is 5.18. The number of rotatable bonds is 5. The van der Waals surface area contributed by atoms with E-state index in [0.717, 1.165) is 17.1 Å². The number of para-hydroxylation sites is 4. The smallest absolute Gasteiger partial charge is 0.333 e. The SMILES string of the molecule is CC(C)(C)c1ccc(N2B3c4c(cc(N(c5ccccc5)c5ccccc5)cc4-n4c5ccccc5c5cccc3c54)-c3cc4sc5ccccc5c4cc32)c(-c2ccccc2)c1. The van der Waals surface area contributed by atoms with Gasteiger partial charge in [-0.1, -0.05) is 148 Å². The van der Waals surface area contributed by atoms with Gasteiger partial charge in [-0.3, -0.25) is 0 Å². The highest BCUT2D eigenvalue weighted by Crippen LogP contribution is 2.51. The van der Waals surface area contributed by atoms with Gasteiger partial charge in [0.1, 0.15) is 0 Å². The lowest BCUT2D eigenvalue weighted by atomic mass is 9.44. The molecule has 2 aliphatic heterocycles. The van der Waals surface area contributed by atoms with E-state index in [1.54, 1.807) is 0 Å². The van der Waals surface area contributed by atoms with Gasteiger partial charge in [-0.15, -0.1) is 11.3 Å². The minimum Gasteiger partial charge on any atom is -0.376 e. The number of nitrogens with zero attached hydrogens (tertiary/aromatic N) is 3. The standard InChI is InChI=1S/C58H42BN3S/c1-58(2,3)38-30-31-51(45(32-38)37-18-7-4-8-19-37)62-52-35-47-43-25-14-16-29-54(43)63-55(47)36-46(52)48-33-41(60(39-20-9-5-10-21-39)40-22-11-6-12-23-40)34-53-56(48)59(62)49-27-17-26-44-42-24-13-15-28-50(42)61(53)57(44)49/h4-36H,1-3H3. The molecule has 298 valence electrons. The molecule has 11 aromatic rings. The third kappa shape index (κ3) is 5.39. The van der Waals surface area contributed by atoms with Crippen LogP contribution in [0.15, 0.2) is 200 Å². The first-order valence-corrected chi connectivity index (χ1v) is 22.8. The van der Waals surface area contributed by atoms with Gasteiger partial charge in [0.25, 0.3) is 0 Å². The number of hydrogen-bond acceptors (Lipinski definition) is 3. The molecule has 0 fully saturated rings. The van der Waals surface area contributed by atoms with Crippen LogP contribution >= 0.6 is 11.3 Å². The monoisotopic (exact) mass is 823 g/mol. The molecule has 0 radical (unpaired) electrons. The molecule has 0 saturated carbocycles. The largest absolute Gasteiger partial charge is 0.376 e. The molecule has 9 aromatic carbocycles. The first-order valence-electron chi connectivity index (χ1n) is 22.0. The molecule has 2 aliphatic rings. The zero-order valence-corrected chi connectivity index (χ0v) is 36.2. The van der Waals surface area contributed by atoms with Gasteiger partial charge in [-0.25, -0.2) is 0 Å².